The Balaban J connectivity index is 2.02. The second kappa shape index (κ2) is 9.09. The number of nitrogens with one attached hydrogen (secondary N) is 1. The summed E-state index contributed by atoms with van der Waals surface area (Å²) in [6.07, 6.45) is 0.814. The number of hydrogen-bond donors (Lipinski definition) is 1. The zero-order chi connectivity index (χ0) is 18.4. The van der Waals surface area contributed by atoms with E-state index in [9.17, 15) is 4.79 Å². The first kappa shape index (κ1) is 19.6. The molecule has 1 aromatic carbocycles. The third-order valence-corrected chi connectivity index (χ3v) is 4.93. The summed E-state index contributed by atoms with van der Waals surface area (Å²) in [5.74, 6) is 2.76. The van der Waals surface area contributed by atoms with Crippen molar-refractivity contribution in [2.24, 2.45) is 17.8 Å². The summed E-state index contributed by atoms with van der Waals surface area (Å²) in [6.45, 7) is 9.83. The van der Waals surface area contributed by atoms with E-state index in [2.05, 4.69) is 26.1 Å². The molecule has 1 amide bonds. The molecule has 140 valence electrons. The number of amides is 1. The summed E-state index contributed by atoms with van der Waals surface area (Å²) in [5, 5.41) is 3.26. The molecule has 25 heavy (non-hydrogen) atoms. The fourth-order valence-electron chi connectivity index (χ4n) is 3.19. The highest BCUT2D eigenvalue weighted by Gasteiger charge is 2.31. The van der Waals surface area contributed by atoms with Gasteiger partial charge in [0.15, 0.2) is 11.5 Å². The highest BCUT2D eigenvalue weighted by Crippen LogP contribution is 2.28. The highest BCUT2D eigenvalue weighted by molar-refractivity contribution is 5.79. The molecule has 1 aliphatic rings. The summed E-state index contributed by atoms with van der Waals surface area (Å²) in [4.78, 5) is 14.9. The van der Waals surface area contributed by atoms with Crippen LogP contribution in [-0.4, -0.2) is 51.2 Å². The van der Waals surface area contributed by atoms with Crippen LogP contribution < -0.4 is 14.8 Å². The lowest BCUT2D eigenvalue weighted by molar-refractivity contribution is -0.137. The third-order valence-electron chi connectivity index (χ3n) is 4.93. The monoisotopic (exact) mass is 348 g/mol. The molecule has 1 N–H and O–H groups in total. The molecule has 5 nitrogen and oxygen atoms in total. The maximum Gasteiger partial charge on any atom is 0.225 e. The van der Waals surface area contributed by atoms with E-state index in [0.29, 0.717) is 11.8 Å². The number of carbonyl (C=O) groups is 1. The van der Waals surface area contributed by atoms with Crippen LogP contribution in [0, 0.1) is 17.8 Å². The standard InChI is InChI=1S/C20H32N2O3/c1-14(2)13-22(20(23)15(3)17-11-21-12-17)9-8-16-6-7-18(24-4)19(10-16)25-5/h6-7,10,14-15,17,21H,8-9,11-13H2,1-5H3. The Morgan fingerprint density at radius 1 is 1.20 bits per heavy atom. The smallest absolute Gasteiger partial charge is 0.225 e. The van der Waals surface area contributed by atoms with Crippen molar-refractivity contribution in [2.45, 2.75) is 27.2 Å². The van der Waals surface area contributed by atoms with Gasteiger partial charge in [-0.15, -0.1) is 0 Å². The third kappa shape index (κ3) is 5.11. The van der Waals surface area contributed by atoms with Crippen molar-refractivity contribution in [3.05, 3.63) is 23.8 Å². The van der Waals surface area contributed by atoms with Crippen molar-refractivity contribution in [1.82, 2.24) is 10.2 Å². The van der Waals surface area contributed by atoms with Crippen LogP contribution >= 0.6 is 0 Å². The van der Waals surface area contributed by atoms with Crippen LogP contribution in [-0.2, 0) is 11.2 Å². The zero-order valence-corrected chi connectivity index (χ0v) is 16.2. The van der Waals surface area contributed by atoms with Crippen molar-refractivity contribution < 1.29 is 14.3 Å². The average Bonchev–Trinajstić information content (AvgIpc) is 2.55. The first-order valence-corrected chi connectivity index (χ1v) is 9.16. The van der Waals surface area contributed by atoms with Crippen molar-refractivity contribution in [3.8, 4) is 11.5 Å². The van der Waals surface area contributed by atoms with Crippen LogP contribution in [0.5, 0.6) is 11.5 Å². The fourth-order valence-corrected chi connectivity index (χ4v) is 3.19. The van der Waals surface area contributed by atoms with E-state index in [1.807, 2.05) is 23.1 Å². The van der Waals surface area contributed by atoms with E-state index in [1.54, 1.807) is 14.2 Å². The molecule has 1 heterocycles. The van der Waals surface area contributed by atoms with E-state index in [4.69, 9.17) is 9.47 Å². The van der Waals surface area contributed by atoms with Gasteiger partial charge in [0, 0.05) is 19.0 Å². The predicted octanol–water partition coefficient (Wildman–Crippen LogP) is 2.59. The first-order valence-electron chi connectivity index (χ1n) is 9.16. The minimum absolute atomic E-state index is 0.0883. The highest BCUT2D eigenvalue weighted by atomic mass is 16.5. The van der Waals surface area contributed by atoms with Crippen LogP contribution in [0.1, 0.15) is 26.3 Å². The molecule has 0 aliphatic carbocycles. The Morgan fingerprint density at radius 2 is 1.88 bits per heavy atom. The van der Waals surface area contributed by atoms with Gasteiger partial charge >= 0.3 is 0 Å². The summed E-state index contributed by atoms with van der Waals surface area (Å²) >= 11 is 0. The summed E-state index contributed by atoms with van der Waals surface area (Å²) < 4.78 is 10.7. The van der Waals surface area contributed by atoms with E-state index >= 15 is 0 Å². The van der Waals surface area contributed by atoms with Crippen molar-refractivity contribution >= 4 is 5.91 Å². The SMILES string of the molecule is COc1ccc(CCN(CC(C)C)C(=O)C(C)C2CNC2)cc1OC. The molecule has 5 heteroatoms. The van der Waals surface area contributed by atoms with Gasteiger partial charge in [0.25, 0.3) is 0 Å². The molecule has 0 spiro atoms. The molecule has 1 saturated heterocycles. The molecule has 1 fully saturated rings. The van der Waals surface area contributed by atoms with Gasteiger partial charge in [-0.25, -0.2) is 0 Å². The lowest BCUT2D eigenvalue weighted by Gasteiger charge is -2.35. The van der Waals surface area contributed by atoms with Gasteiger partial charge in [-0.3, -0.25) is 4.79 Å². The number of methoxy groups -OCH3 is 2. The second-order valence-electron chi connectivity index (χ2n) is 7.32. The molecule has 0 aromatic heterocycles. The maximum absolute atomic E-state index is 12.9. The lowest BCUT2D eigenvalue weighted by atomic mass is 9.87. The van der Waals surface area contributed by atoms with Crippen LogP contribution in [0.15, 0.2) is 18.2 Å². The van der Waals surface area contributed by atoms with Crippen LogP contribution in [0.2, 0.25) is 0 Å². The number of rotatable bonds is 9. The van der Waals surface area contributed by atoms with E-state index in [0.717, 1.165) is 49.7 Å². The first-order chi connectivity index (χ1) is 12.0. The number of carbonyl (C=O) groups excluding carboxylic acids is 1. The molecular formula is C20H32N2O3. The van der Waals surface area contributed by atoms with Crippen molar-refractivity contribution in [1.29, 1.82) is 0 Å². The van der Waals surface area contributed by atoms with Gasteiger partial charge in [0.05, 0.1) is 14.2 Å². The Labute approximate surface area is 151 Å². The number of hydrogen-bond acceptors (Lipinski definition) is 4. The van der Waals surface area contributed by atoms with Crippen LogP contribution in [0.3, 0.4) is 0 Å². The van der Waals surface area contributed by atoms with E-state index in [1.165, 1.54) is 0 Å². The number of ether oxygens (including phenoxy) is 2. The minimum atomic E-state index is 0.0883. The number of benzene rings is 1. The van der Waals surface area contributed by atoms with Gasteiger partial charge in [0.2, 0.25) is 5.91 Å². The van der Waals surface area contributed by atoms with Gasteiger partial charge in [0.1, 0.15) is 0 Å². The Bertz CT molecular complexity index is 570. The van der Waals surface area contributed by atoms with Gasteiger partial charge in [-0.05, 0) is 49.0 Å². The topological polar surface area (TPSA) is 50.8 Å². The Kier molecular flexibility index (Phi) is 7.12. The van der Waals surface area contributed by atoms with Gasteiger partial charge in [-0.2, -0.15) is 0 Å². The van der Waals surface area contributed by atoms with E-state index < -0.39 is 0 Å². The zero-order valence-electron chi connectivity index (χ0n) is 16.2. The second-order valence-corrected chi connectivity index (χ2v) is 7.32. The van der Waals surface area contributed by atoms with Gasteiger partial charge < -0.3 is 19.7 Å². The quantitative estimate of drug-likeness (QED) is 0.745. The minimum Gasteiger partial charge on any atom is -0.493 e. The lowest BCUT2D eigenvalue weighted by Crippen LogP contribution is -2.51. The van der Waals surface area contributed by atoms with Crippen LogP contribution in [0.4, 0.5) is 0 Å². The van der Waals surface area contributed by atoms with Crippen molar-refractivity contribution in [3.63, 3.8) is 0 Å². The molecule has 1 aliphatic heterocycles. The average molecular weight is 348 g/mol. The molecule has 1 atom stereocenters. The normalized spacial score (nSPS) is 15.6. The van der Waals surface area contributed by atoms with Gasteiger partial charge in [-0.1, -0.05) is 26.8 Å². The predicted molar refractivity (Wildman–Crippen MR) is 100 cm³/mol. The maximum atomic E-state index is 12.9. The summed E-state index contributed by atoms with van der Waals surface area (Å²) in [6, 6.07) is 5.96. The fraction of sp³-hybridized carbons (Fsp3) is 0.650. The molecule has 0 radical (unpaired) electrons. The van der Waals surface area contributed by atoms with E-state index in [-0.39, 0.29) is 11.8 Å². The Morgan fingerprint density at radius 3 is 2.40 bits per heavy atom. The molecule has 1 aromatic rings. The largest absolute Gasteiger partial charge is 0.493 e. The molecule has 2 rings (SSSR count). The van der Waals surface area contributed by atoms with Crippen molar-refractivity contribution in [2.75, 3.05) is 40.4 Å². The molecule has 0 bridgehead atoms. The molecule has 0 saturated carbocycles. The Hall–Kier alpha value is -1.75. The van der Waals surface area contributed by atoms with Crippen LogP contribution in [0.25, 0.3) is 0 Å². The molecular weight excluding hydrogens is 316 g/mol. The summed E-state index contributed by atoms with van der Waals surface area (Å²) in [5.41, 5.74) is 1.15. The molecule has 1 unspecified atom stereocenters. The number of nitrogens with zero attached hydrogens (tertiary/aromatic N) is 1. The summed E-state index contributed by atoms with van der Waals surface area (Å²) in [7, 11) is 3.28.